The van der Waals surface area contributed by atoms with E-state index in [0.717, 1.165) is 15.7 Å². The molecule has 0 saturated carbocycles. The normalized spacial score (nSPS) is 10.9. The van der Waals surface area contributed by atoms with Gasteiger partial charge >= 0.3 is 5.97 Å². The number of aryl methyl sites for hydroxylation is 1. The molecule has 0 spiro atoms. The van der Waals surface area contributed by atoms with Crippen molar-refractivity contribution in [2.75, 3.05) is 0 Å². The van der Waals surface area contributed by atoms with Crippen LogP contribution in [-0.2, 0) is 0 Å². The van der Waals surface area contributed by atoms with Crippen LogP contribution in [0.5, 0.6) is 0 Å². The summed E-state index contributed by atoms with van der Waals surface area (Å²) in [4.78, 5) is 16.1. The maximum Gasteiger partial charge on any atom is 0.355 e. The molecular weight excluding hydrogens is 320 g/mol. The molecule has 3 aromatic rings. The minimum atomic E-state index is -0.988. The first-order chi connectivity index (χ1) is 9.59. The van der Waals surface area contributed by atoms with Crippen LogP contribution in [0.4, 0.5) is 0 Å². The largest absolute Gasteiger partial charge is 0.476 e. The van der Waals surface area contributed by atoms with E-state index in [9.17, 15) is 9.90 Å². The Hall–Kier alpha value is -2.14. The van der Waals surface area contributed by atoms with E-state index in [2.05, 4.69) is 20.9 Å². The molecule has 0 bridgehead atoms. The quantitative estimate of drug-likeness (QED) is 0.778. The molecule has 0 radical (unpaired) electrons. The molecule has 2 heterocycles. The lowest BCUT2D eigenvalue weighted by molar-refractivity contribution is 0.0690. The Balaban J connectivity index is 2.42. The topological polar surface area (TPSA) is 54.6 Å². The summed E-state index contributed by atoms with van der Waals surface area (Å²) in [5.74, 6) is -0.988. The lowest BCUT2D eigenvalue weighted by Gasteiger charge is -2.05. The fraction of sp³-hybridized carbons (Fsp3) is 0.0667. The number of rotatable bonds is 2. The lowest BCUT2D eigenvalue weighted by Crippen LogP contribution is -2.06. The van der Waals surface area contributed by atoms with Crippen LogP contribution in [0.2, 0.25) is 0 Å². The summed E-state index contributed by atoms with van der Waals surface area (Å²) in [7, 11) is 0. The van der Waals surface area contributed by atoms with E-state index in [4.69, 9.17) is 0 Å². The molecule has 0 fully saturated rings. The third kappa shape index (κ3) is 1.91. The molecule has 0 unspecified atom stereocenters. The van der Waals surface area contributed by atoms with Gasteiger partial charge in [-0.15, -0.1) is 0 Å². The van der Waals surface area contributed by atoms with E-state index in [0.29, 0.717) is 11.3 Å². The Kier molecular flexibility index (Phi) is 3.06. The Morgan fingerprint density at radius 1 is 1.20 bits per heavy atom. The minimum absolute atomic E-state index is 0.185. The van der Waals surface area contributed by atoms with Crippen molar-refractivity contribution < 1.29 is 9.90 Å². The predicted octanol–water partition coefficient (Wildman–Crippen LogP) is 3.77. The number of hydrogen-bond acceptors (Lipinski definition) is 2. The van der Waals surface area contributed by atoms with Crippen LogP contribution in [-0.4, -0.2) is 20.5 Å². The van der Waals surface area contributed by atoms with Gasteiger partial charge in [-0.3, -0.25) is 4.40 Å². The fourth-order valence-corrected chi connectivity index (χ4v) is 2.57. The molecule has 4 nitrogen and oxygen atoms in total. The number of nitrogens with zero attached hydrogens (tertiary/aromatic N) is 2. The lowest BCUT2D eigenvalue weighted by atomic mass is 10.1. The van der Waals surface area contributed by atoms with E-state index in [1.165, 1.54) is 0 Å². The van der Waals surface area contributed by atoms with Gasteiger partial charge in [0, 0.05) is 15.7 Å². The van der Waals surface area contributed by atoms with Crippen LogP contribution in [0.25, 0.3) is 16.9 Å². The molecule has 0 atom stereocenters. The van der Waals surface area contributed by atoms with Gasteiger partial charge in [-0.1, -0.05) is 30.3 Å². The van der Waals surface area contributed by atoms with Gasteiger partial charge in [0.25, 0.3) is 0 Å². The second-order valence-corrected chi connectivity index (χ2v) is 5.29. The summed E-state index contributed by atoms with van der Waals surface area (Å²) in [6, 6.07) is 13.0. The number of fused-ring (bicyclic) bond motifs is 1. The molecule has 100 valence electrons. The summed E-state index contributed by atoms with van der Waals surface area (Å²) in [6.45, 7) is 1.86. The molecule has 0 aliphatic carbocycles. The van der Waals surface area contributed by atoms with Crippen molar-refractivity contribution in [1.29, 1.82) is 0 Å². The number of carboxylic acids is 1. The molecule has 5 heteroatoms. The van der Waals surface area contributed by atoms with Crippen LogP contribution in [0.3, 0.4) is 0 Å². The van der Waals surface area contributed by atoms with Crippen LogP contribution in [0.15, 0.2) is 46.9 Å². The second kappa shape index (κ2) is 4.76. The number of benzene rings is 1. The third-order valence-electron chi connectivity index (χ3n) is 3.21. The second-order valence-electron chi connectivity index (χ2n) is 4.44. The van der Waals surface area contributed by atoms with E-state index < -0.39 is 5.97 Å². The van der Waals surface area contributed by atoms with Crippen LogP contribution in [0, 0.1) is 6.92 Å². The fourth-order valence-electron chi connectivity index (χ4n) is 2.26. The highest BCUT2D eigenvalue weighted by Gasteiger charge is 2.21. The molecule has 2 aromatic heterocycles. The van der Waals surface area contributed by atoms with Crippen molar-refractivity contribution in [3.8, 4) is 11.3 Å². The Morgan fingerprint density at radius 3 is 2.55 bits per heavy atom. The first-order valence-corrected chi connectivity index (χ1v) is 6.85. The number of aromatic carboxylic acids is 1. The van der Waals surface area contributed by atoms with E-state index in [1.807, 2.05) is 43.3 Å². The average molecular weight is 331 g/mol. The number of hydrogen-bond donors (Lipinski definition) is 1. The highest BCUT2D eigenvalue weighted by Crippen LogP contribution is 2.27. The maximum atomic E-state index is 11.7. The Labute approximate surface area is 123 Å². The number of carboxylic acid groups (broad SMARTS) is 1. The first-order valence-electron chi connectivity index (χ1n) is 6.06. The summed E-state index contributed by atoms with van der Waals surface area (Å²) in [6.07, 6.45) is 0. The van der Waals surface area contributed by atoms with Gasteiger partial charge in [0.2, 0.25) is 0 Å². The van der Waals surface area contributed by atoms with Crippen molar-refractivity contribution in [2.45, 2.75) is 6.92 Å². The summed E-state index contributed by atoms with van der Waals surface area (Å²) < 4.78 is 2.51. The zero-order valence-electron chi connectivity index (χ0n) is 10.7. The van der Waals surface area contributed by atoms with Gasteiger partial charge in [-0.05, 0) is 35.0 Å². The maximum absolute atomic E-state index is 11.7. The number of aromatic nitrogens is 2. The van der Waals surface area contributed by atoms with Crippen molar-refractivity contribution in [3.05, 3.63) is 58.3 Å². The number of halogens is 1. The Morgan fingerprint density at radius 2 is 1.90 bits per heavy atom. The zero-order valence-corrected chi connectivity index (χ0v) is 12.3. The summed E-state index contributed by atoms with van der Waals surface area (Å²) in [5, 5.41) is 9.55. The smallest absolute Gasteiger partial charge is 0.355 e. The van der Waals surface area contributed by atoms with Crippen molar-refractivity contribution in [1.82, 2.24) is 9.38 Å². The van der Waals surface area contributed by atoms with Crippen molar-refractivity contribution in [3.63, 3.8) is 0 Å². The van der Waals surface area contributed by atoms with Crippen molar-refractivity contribution in [2.24, 2.45) is 0 Å². The number of carbonyl (C=O) groups is 1. The SMILES string of the molecule is Cc1c(Br)ccc2nc(-c3ccccc3)c(C(=O)O)n12. The molecule has 3 rings (SSSR count). The highest BCUT2D eigenvalue weighted by molar-refractivity contribution is 9.10. The molecule has 0 saturated heterocycles. The Bertz CT molecular complexity index is 810. The summed E-state index contributed by atoms with van der Waals surface area (Å²) in [5.41, 5.74) is 2.91. The van der Waals surface area contributed by atoms with Crippen LogP contribution >= 0.6 is 15.9 Å². The van der Waals surface area contributed by atoms with E-state index in [1.54, 1.807) is 10.5 Å². The van der Waals surface area contributed by atoms with Gasteiger partial charge in [-0.2, -0.15) is 0 Å². The van der Waals surface area contributed by atoms with E-state index in [-0.39, 0.29) is 5.69 Å². The van der Waals surface area contributed by atoms with Gasteiger partial charge < -0.3 is 5.11 Å². The van der Waals surface area contributed by atoms with Crippen LogP contribution in [0.1, 0.15) is 16.2 Å². The molecular formula is C15H11BrN2O2. The average Bonchev–Trinajstić information content (AvgIpc) is 2.84. The number of imidazole rings is 1. The molecule has 0 amide bonds. The van der Waals surface area contributed by atoms with E-state index >= 15 is 0 Å². The highest BCUT2D eigenvalue weighted by atomic mass is 79.9. The summed E-state index contributed by atoms with van der Waals surface area (Å²) >= 11 is 3.42. The van der Waals surface area contributed by atoms with Gasteiger partial charge in [0.05, 0.1) is 0 Å². The molecule has 1 N–H and O–H groups in total. The monoisotopic (exact) mass is 330 g/mol. The zero-order chi connectivity index (χ0) is 14.3. The number of pyridine rings is 1. The molecule has 20 heavy (non-hydrogen) atoms. The molecule has 0 aliphatic rings. The molecule has 1 aromatic carbocycles. The predicted molar refractivity (Wildman–Crippen MR) is 80.0 cm³/mol. The van der Waals surface area contributed by atoms with Crippen LogP contribution < -0.4 is 0 Å². The standard InChI is InChI=1S/C15H11BrN2O2/c1-9-11(16)7-8-12-17-13(10-5-3-2-4-6-10)14(15(19)20)18(9)12/h2-8H,1H3,(H,19,20). The minimum Gasteiger partial charge on any atom is -0.476 e. The molecule has 0 aliphatic heterocycles. The van der Waals surface area contributed by atoms with Crippen molar-refractivity contribution >= 4 is 27.5 Å². The van der Waals surface area contributed by atoms with Gasteiger partial charge in [-0.25, -0.2) is 9.78 Å². The van der Waals surface area contributed by atoms with Gasteiger partial charge in [0.1, 0.15) is 11.3 Å². The first kappa shape index (κ1) is 12.9. The third-order valence-corrected chi connectivity index (χ3v) is 4.05. The van der Waals surface area contributed by atoms with Gasteiger partial charge in [0.15, 0.2) is 5.69 Å².